The van der Waals surface area contributed by atoms with E-state index < -0.39 is 5.91 Å². The summed E-state index contributed by atoms with van der Waals surface area (Å²) in [6, 6.07) is 11.7. The first-order valence-electron chi connectivity index (χ1n) is 9.82. The average Bonchev–Trinajstić information content (AvgIpc) is 3.51. The lowest BCUT2D eigenvalue weighted by molar-refractivity contribution is -0.135. The summed E-state index contributed by atoms with van der Waals surface area (Å²) < 4.78 is 5.32. The quantitative estimate of drug-likeness (QED) is 0.420. The molecule has 4 heterocycles. The van der Waals surface area contributed by atoms with Gasteiger partial charge in [0.05, 0.1) is 12.5 Å². The zero-order valence-corrected chi connectivity index (χ0v) is 18.9. The van der Waals surface area contributed by atoms with Gasteiger partial charge >= 0.3 is 0 Å². The first-order chi connectivity index (χ1) is 15.5. The van der Waals surface area contributed by atoms with Gasteiger partial charge in [-0.2, -0.15) is 5.01 Å². The summed E-state index contributed by atoms with van der Waals surface area (Å²) in [5, 5.41) is 5.83. The van der Waals surface area contributed by atoms with Gasteiger partial charge in [0.15, 0.2) is 5.82 Å². The second kappa shape index (κ2) is 8.18. The van der Waals surface area contributed by atoms with Crippen molar-refractivity contribution in [2.24, 2.45) is 0 Å². The van der Waals surface area contributed by atoms with Gasteiger partial charge in [0.2, 0.25) is 0 Å². The van der Waals surface area contributed by atoms with Crippen LogP contribution in [0.1, 0.15) is 18.3 Å². The molecule has 0 fully saturated rings. The van der Waals surface area contributed by atoms with Gasteiger partial charge in [-0.3, -0.25) is 15.0 Å². The zero-order valence-electron chi connectivity index (χ0n) is 17.3. The summed E-state index contributed by atoms with van der Waals surface area (Å²) in [4.78, 5) is 36.2. The van der Waals surface area contributed by atoms with Crippen LogP contribution >= 0.6 is 22.7 Å². The van der Waals surface area contributed by atoms with E-state index in [0.29, 0.717) is 23.6 Å². The van der Waals surface area contributed by atoms with Crippen LogP contribution in [0, 0.1) is 0 Å². The Morgan fingerprint density at radius 2 is 2.00 bits per heavy atom. The molecule has 1 aliphatic rings. The number of hydrogen-bond donors (Lipinski definition) is 1. The topological polar surface area (TPSA) is 84.4 Å². The van der Waals surface area contributed by atoms with Crippen LogP contribution < -0.4 is 10.2 Å². The molecule has 0 saturated carbocycles. The number of amides is 2. The molecule has 0 bridgehead atoms. The minimum atomic E-state index is -0.415. The lowest BCUT2D eigenvalue weighted by Gasteiger charge is -2.18. The van der Waals surface area contributed by atoms with E-state index in [1.807, 2.05) is 47.2 Å². The van der Waals surface area contributed by atoms with Crippen molar-refractivity contribution in [2.75, 3.05) is 12.5 Å². The number of carbonyl (C=O) groups excluding carboxylic acids is 2. The first-order valence-corrected chi connectivity index (χ1v) is 11.6. The normalized spacial score (nSPS) is 13.7. The second-order valence-corrected chi connectivity index (χ2v) is 9.05. The van der Waals surface area contributed by atoms with Crippen LogP contribution in [0.3, 0.4) is 0 Å². The summed E-state index contributed by atoms with van der Waals surface area (Å²) in [6.45, 7) is 1.62. The molecule has 1 aromatic carbocycles. The van der Waals surface area contributed by atoms with Gasteiger partial charge in [-0.05, 0) is 36.1 Å². The number of nitrogens with one attached hydrogen (secondary N) is 1. The van der Waals surface area contributed by atoms with Crippen LogP contribution in [0.4, 0.5) is 5.82 Å². The Morgan fingerprint density at radius 3 is 2.72 bits per heavy atom. The van der Waals surface area contributed by atoms with Crippen molar-refractivity contribution in [1.82, 2.24) is 15.0 Å². The molecule has 0 aliphatic carbocycles. The van der Waals surface area contributed by atoms with Gasteiger partial charge in [0, 0.05) is 33.9 Å². The largest absolute Gasteiger partial charge is 0.497 e. The van der Waals surface area contributed by atoms with Crippen molar-refractivity contribution in [3.05, 3.63) is 70.2 Å². The number of fused-ring (bicyclic) bond motifs is 1. The number of hydrazine groups is 1. The fourth-order valence-corrected chi connectivity index (χ4v) is 5.30. The van der Waals surface area contributed by atoms with Crippen LogP contribution in [-0.4, -0.2) is 33.9 Å². The highest BCUT2D eigenvalue weighted by Gasteiger charge is 2.30. The number of rotatable bonds is 6. The fraction of sp³-hybridized carbons (Fsp3) is 0.130. The predicted octanol–water partition coefficient (Wildman–Crippen LogP) is 4.66. The first kappa shape index (κ1) is 20.3. The van der Waals surface area contributed by atoms with Crippen molar-refractivity contribution < 1.29 is 14.3 Å². The smallest absolute Gasteiger partial charge is 0.275 e. The Morgan fingerprint density at radius 1 is 1.12 bits per heavy atom. The second-order valence-electron chi connectivity index (χ2n) is 7.24. The Bertz CT molecular complexity index is 1380. The van der Waals surface area contributed by atoms with Gasteiger partial charge in [-0.25, -0.2) is 9.97 Å². The Hall–Kier alpha value is -3.56. The third kappa shape index (κ3) is 3.65. The van der Waals surface area contributed by atoms with Crippen molar-refractivity contribution in [3.8, 4) is 16.2 Å². The van der Waals surface area contributed by atoms with Gasteiger partial charge in [0.1, 0.15) is 16.4 Å². The van der Waals surface area contributed by atoms with Gasteiger partial charge in [-0.1, -0.05) is 18.2 Å². The zero-order chi connectivity index (χ0) is 22.2. The minimum Gasteiger partial charge on any atom is -0.497 e. The monoisotopic (exact) mass is 462 g/mol. The summed E-state index contributed by atoms with van der Waals surface area (Å²) in [5.74, 6) is 0.970. The lowest BCUT2D eigenvalue weighted by atomic mass is 10.1. The van der Waals surface area contributed by atoms with Crippen LogP contribution in [-0.2, 0) is 16.0 Å². The Labute approximate surface area is 192 Å². The van der Waals surface area contributed by atoms with E-state index in [-0.39, 0.29) is 5.91 Å². The molecule has 3 aromatic heterocycles. The molecule has 0 unspecified atom stereocenters. The van der Waals surface area contributed by atoms with Crippen LogP contribution in [0.2, 0.25) is 0 Å². The lowest BCUT2D eigenvalue weighted by Crippen LogP contribution is -2.36. The van der Waals surface area contributed by atoms with Gasteiger partial charge < -0.3 is 4.74 Å². The highest BCUT2D eigenvalue weighted by Crippen LogP contribution is 2.39. The number of ether oxygens (including phenoxy) is 1. The maximum absolute atomic E-state index is 12.5. The number of imide groups is 1. The summed E-state index contributed by atoms with van der Waals surface area (Å²) in [5.41, 5.74) is 5.32. The number of nitrogens with zero attached hydrogens (tertiary/aromatic N) is 3. The molecule has 1 aliphatic heterocycles. The molecule has 160 valence electrons. The van der Waals surface area contributed by atoms with Crippen molar-refractivity contribution in [1.29, 1.82) is 0 Å². The molecule has 0 spiro atoms. The van der Waals surface area contributed by atoms with Crippen LogP contribution in [0.5, 0.6) is 5.75 Å². The number of anilines is 1. The molecular weight excluding hydrogens is 444 g/mol. The fourth-order valence-electron chi connectivity index (χ4n) is 3.52. The Kier molecular flexibility index (Phi) is 5.20. The van der Waals surface area contributed by atoms with Crippen molar-refractivity contribution in [2.45, 2.75) is 13.3 Å². The molecule has 1 N–H and O–H groups in total. The van der Waals surface area contributed by atoms with E-state index in [2.05, 4.69) is 5.43 Å². The molecule has 32 heavy (non-hydrogen) atoms. The van der Waals surface area contributed by atoms with E-state index >= 15 is 0 Å². The predicted molar refractivity (Wildman–Crippen MR) is 126 cm³/mol. The maximum Gasteiger partial charge on any atom is 0.275 e. The highest BCUT2D eigenvalue weighted by atomic mass is 32.1. The highest BCUT2D eigenvalue weighted by molar-refractivity contribution is 7.18. The van der Waals surface area contributed by atoms with Crippen LogP contribution in [0.15, 0.2) is 58.8 Å². The third-order valence-corrected chi connectivity index (χ3v) is 6.86. The van der Waals surface area contributed by atoms with Crippen LogP contribution in [0.25, 0.3) is 20.7 Å². The standard InChI is InChI=1S/C23H18N4O3S2/c1-13-9-19(28)27(23(13)29)26-21-20-16(17-7-4-8-31-17)12-32-22(20)25-18(24-21)11-14-5-3-6-15(10-14)30-2/h3-10,12H,11H2,1-2H3,(H,24,25,26). The van der Waals surface area contributed by atoms with E-state index in [4.69, 9.17) is 14.7 Å². The number of aromatic nitrogens is 2. The maximum atomic E-state index is 12.5. The van der Waals surface area contributed by atoms with E-state index in [1.54, 1.807) is 25.4 Å². The molecule has 0 radical (unpaired) electrons. The number of methoxy groups -OCH3 is 1. The van der Waals surface area contributed by atoms with E-state index in [9.17, 15) is 9.59 Å². The number of carbonyl (C=O) groups is 2. The van der Waals surface area contributed by atoms with E-state index in [0.717, 1.165) is 37.0 Å². The molecule has 7 nitrogen and oxygen atoms in total. The summed E-state index contributed by atoms with van der Waals surface area (Å²) >= 11 is 3.12. The van der Waals surface area contributed by atoms with Crippen molar-refractivity contribution in [3.63, 3.8) is 0 Å². The third-order valence-electron chi connectivity index (χ3n) is 5.08. The molecule has 9 heteroatoms. The van der Waals surface area contributed by atoms with Crippen molar-refractivity contribution >= 4 is 50.5 Å². The van der Waals surface area contributed by atoms with Gasteiger partial charge in [-0.15, -0.1) is 22.7 Å². The number of benzene rings is 1. The molecule has 0 saturated heterocycles. The molecule has 5 rings (SSSR count). The Balaban J connectivity index is 1.60. The molecule has 2 amide bonds. The average molecular weight is 463 g/mol. The SMILES string of the molecule is COc1cccc(Cc2nc(NN3C(=O)C=C(C)C3=O)c3c(-c4cccs4)csc3n2)c1. The van der Waals surface area contributed by atoms with Gasteiger partial charge in [0.25, 0.3) is 11.8 Å². The minimum absolute atomic E-state index is 0.383. The van der Waals surface area contributed by atoms with E-state index in [1.165, 1.54) is 17.4 Å². The molecular formula is C23H18N4O3S2. The number of thiophene rings is 2. The summed E-state index contributed by atoms with van der Waals surface area (Å²) in [6.07, 6.45) is 1.80. The molecule has 0 atom stereocenters. The summed E-state index contributed by atoms with van der Waals surface area (Å²) in [7, 11) is 1.63. The number of hydrogen-bond acceptors (Lipinski definition) is 8. The molecule has 4 aromatic rings.